The zero-order chi connectivity index (χ0) is 57.8. The van der Waals surface area contributed by atoms with Gasteiger partial charge >= 0.3 is 5.97 Å². The predicted octanol–water partition coefficient (Wildman–Crippen LogP) is 23.7. The third kappa shape index (κ3) is 65.5. The molecule has 0 aliphatic rings. The predicted molar refractivity (Wildman–Crippen MR) is 352 cm³/mol. The van der Waals surface area contributed by atoms with E-state index in [2.05, 4.69) is 31.3 Å². The Morgan fingerprint density at radius 2 is 0.588 bits per heavy atom. The van der Waals surface area contributed by atoms with Gasteiger partial charge in [-0.1, -0.05) is 366 Å². The second kappa shape index (κ2) is 69.8. The van der Waals surface area contributed by atoms with Crippen LogP contribution in [0.2, 0.25) is 0 Å². The summed E-state index contributed by atoms with van der Waals surface area (Å²) < 4.78 is 5.52. The molecule has 0 radical (unpaired) electrons. The van der Waals surface area contributed by atoms with Gasteiger partial charge in [0.2, 0.25) is 5.91 Å². The molecule has 0 aromatic heterocycles. The highest BCUT2D eigenvalue weighted by Gasteiger charge is 2.18. The molecule has 2 unspecified atom stereocenters. The van der Waals surface area contributed by atoms with E-state index in [0.29, 0.717) is 19.4 Å². The summed E-state index contributed by atoms with van der Waals surface area (Å²) in [7, 11) is 0. The largest absolute Gasteiger partial charge is 0.466 e. The summed E-state index contributed by atoms with van der Waals surface area (Å²) >= 11 is 0. The molecule has 474 valence electrons. The number of allylic oxidation sites excluding steroid dienone is 3. The van der Waals surface area contributed by atoms with Gasteiger partial charge in [-0.15, -0.1) is 0 Å². The van der Waals surface area contributed by atoms with Gasteiger partial charge in [0.1, 0.15) is 0 Å². The summed E-state index contributed by atoms with van der Waals surface area (Å²) in [6, 6.07) is -0.626. The van der Waals surface area contributed by atoms with Crippen molar-refractivity contribution in [1.29, 1.82) is 0 Å². The molecule has 0 aliphatic carbocycles. The molecule has 6 nitrogen and oxygen atoms in total. The van der Waals surface area contributed by atoms with Gasteiger partial charge in [0.25, 0.3) is 0 Å². The van der Waals surface area contributed by atoms with Gasteiger partial charge in [0.15, 0.2) is 0 Å². The second-order valence-electron chi connectivity index (χ2n) is 25.3. The highest BCUT2D eigenvalue weighted by molar-refractivity contribution is 5.76. The number of ether oxygens (including phenoxy) is 1. The minimum absolute atomic E-state index is 0.0224. The van der Waals surface area contributed by atoms with Crippen molar-refractivity contribution in [2.24, 2.45) is 0 Å². The summed E-state index contributed by atoms with van der Waals surface area (Å²) in [6.07, 6.45) is 88.5. The number of carbonyl (C=O) groups excluding carboxylic acids is 2. The van der Waals surface area contributed by atoms with E-state index in [1.165, 1.54) is 347 Å². The van der Waals surface area contributed by atoms with Gasteiger partial charge in [-0.3, -0.25) is 9.59 Å². The summed E-state index contributed by atoms with van der Waals surface area (Å²) in [6.45, 7) is 4.94. The Bertz CT molecular complexity index is 1250. The Morgan fingerprint density at radius 3 is 0.887 bits per heavy atom. The highest BCUT2D eigenvalue weighted by atomic mass is 16.5. The molecule has 0 bridgehead atoms. The molecule has 0 fully saturated rings. The third-order valence-corrected chi connectivity index (χ3v) is 17.2. The van der Waals surface area contributed by atoms with Crippen molar-refractivity contribution in [2.45, 2.75) is 424 Å². The van der Waals surface area contributed by atoms with Crippen LogP contribution in [0.15, 0.2) is 24.3 Å². The van der Waals surface area contributed by atoms with Crippen molar-refractivity contribution in [1.82, 2.24) is 5.32 Å². The van der Waals surface area contributed by atoms with Crippen LogP contribution >= 0.6 is 0 Å². The number of esters is 1. The standard InChI is InChI=1S/C74H143NO5/c1-3-5-7-9-11-13-15-17-19-20-33-37-40-44-48-52-56-60-64-68-74(79)80-69-65-61-57-53-49-45-41-38-35-32-30-28-26-24-22-21-23-25-27-29-31-34-36-39-43-47-51-55-59-63-67-73(78)75-71(70-76)72(77)66-62-58-54-50-46-42-18-16-14-12-10-8-6-4-2/h22,24,62,66,71-72,76-77H,3-21,23,25-61,63-65,67-70H2,1-2H3,(H,75,78)/b24-22-,66-62+. The molecule has 6 heteroatoms. The molecule has 2 atom stereocenters. The minimum atomic E-state index is -0.843. The van der Waals surface area contributed by atoms with Crippen molar-refractivity contribution in [3.63, 3.8) is 0 Å². The lowest BCUT2D eigenvalue weighted by atomic mass is 10.0. The number of aliphatic hydroxyl groups is 2. The van der Waals surface area contributed by atoms with Crippen LogP contribution in [-0.2, 0) is 14.3 Å². The first-order valence-corrected chi connectivity index (χ1v) is 36.6. The maximum Gasteiger partial charge on any atom is 0.305 e. The number of unbranched alkanes of at least 4 members (excludes halogenated alkanes) is 56. The number of amides is 1. The van der Waals surface area contributed by atoms with E-state index in [1.54, 1.807) is 6.08 Å². The van der Waals surface area contributed by atoms with Crippen molar-refractivity contribution < 1.29 is 24.5 Å². The Balaban J connectivity index is 3.35. The Kier molecular flexibility index (Phi) is 68.4. The zero-order valence-electron chi connectivity index (χ0n) is 54.3. The third-order valence-electron chi connectivity index (χ3n) is 17.2. The lowest BCUT2D eigenvalue weighted by Gasteiger charge is -2.20. The average Bonchev–Trinajstić information content (AvgIpc) is 3.46. The maximum atomic E-state index is 12.5. The molecule has 0 heterocycles. The number of aliphatic hydroxyl groups excluding tert-OH is 2. The van der Waals surface area contributed by atoms with Crippen molar-refractivity contribution in [3.8, 4) is 0 Å². The Hall–Kier alpha value is -1.66. The molecule has 80 heavy (non-hydrogen) atoms. The van der Waals surface area contributed by atoms with Gasteiger partial charge < -0.3 is 20.3 Å². The Morgan fingerprint density at radius 1 is 0.338 bits per heavy atom. The van der Waals surface area contributed by atoms with E-state index in [1.807, 2.05) is 6.08 Å². The van der Waals surface area contributed by atoms with Crippen LogP contribution in [-0.4, -0.2) is 47.4 Å². The molecular weight excluding hydrogens is 983 g/mol. The van der Waals surface area contributed by atoms with E-state index >= 15 is 0 Å². The average molecular weight is 1130 g/mol. The summed E-state index contributed by atoms with van der Waals surface area (Å²) in [4.78, 5) is 24.6. The first kappa shape index (κ1) is 78.3. The summed E-state index contributed by atoms with van der Waals surface area (Å²) in [5.41, 5.74) is 0. The molecular formula is C74H143NO5. The minimum Gasteiger partial charge on any atom is -0.466 e. The molecule has 0 saturated heterocycles. The van der Waals surface area contributed by atoms with E-state index in [0.717, 1.165) is 38.5 Å². The summed E-state index contributed by atoms with van der Waals surface area (Å²) in [5.74, 6) is -0.0419. The van der Waals surface area contributed by atoms with Crippen LogP contribution in [0, 0.1) is 0 Å². The highest BCUT2D eigenvalue weighted by Crippen LogP contribution is 2.19. The fourth-order valence-corrected chi connectivity index (χ4v) is 11.6. The van der Waals surface area contributed by atoms with Crippen LogP contribution in [0.3, 0.4) is 0 Å². The van der Waals surface area contributed by atoms with Gasteiger partial charge in [0, 0.05) is 12.8 Å². The fraction of sp³-hybridized carbons (Fsp3) is 0.919. The smallest absolute Gasteiger partial charge is 0.305 e. The molecule has 0 saturated carbocycles. The van der Waals surface area contributed by atoms with E-state index in [-0.39, 0.29) is 18.5 Å². The normalized spacial score (nSPS) is 12.6. The second-order valence-corrected chi connectivity index (χ2v) is 25.3. The molecule has 3 N–H and O–H groups in total. The van der Waals surface area contributed by atoms with Crippen LogP contribution in [0.1, 0.15) is 412 Å². The molecule has 0 aromatic rings. The van der Waals surface area contributed by atoms with E-state index < -0.39 is 12.1 Å². The first-order valence-electron chi connectivity index (χ1n) is 36.6. The van der Waals surface area contributed by atoms with Gasteiger partial charge in [0.05, 0.1) is 25.4 Å². The van der Waals surface area contributed by atoms with Crippen LogP contribution in [0.4, 0.5) is 0 Å². The zero-order valence-corrected chi connectivity index (χ0v) is 54.3. The number of nitrogens with one attached hydrogen (secondary N) is 1. The van der Waals surface area contributed by atoms with Crippen LogP contribution in [0.5, 0.6) is 0 Å². The number of hydrogen-bond acceptors (Lipinski definition) is 5. The molecule has 1 amide bonds. The molecule has 0 spiro atoms. The van der Waals surface area contributed by atoms with Crippen LogP contribution in [0.25, 0.3) is 0 Å². The summed E-state index contributed by atoms with van der Waals surface area (Å²) in [5, 5.41) is 23.1. The van der Waals surface area contributed by atoms with Gasteiger partial charge in [-0.2, -0.15) is 0 Å². The Labute approximate surface area is 501 Å². The number of hydrogen-bond donors (Lipinski definition) is 3. The lowest BCUT2D eigenvalue weighted by molar-refractivity contribution is -0.143. The first-order chi connectivity index (χ1) is 39.5. The maximum absolute atomic E-state index is 12.5. The van der Waals surface area contributed by atoms with Crippen molar-refractivity contribution in [3.05, 3.63) is 24.3 Å². The topological polar surface area (TPSA) is 95.9 Å². The van der Waals surface area contributed by atoms with Crippen molar-refractivity contribution in [2.75, 3.05) is 13.2 Å². The number of rotatable bonds is 69. The quantitative estimate of drug-likeness (QED) is 0.0320. The SMILES string of the molecule is CCCCCCCCCCCCCC/C=C/C(O)C(CO)NC(=O)CCCCCCCCCCCCCCCC/C=C\CCCCCCCCCCCCCCOC(=O)CCCCCCCCCCCCCCCCCCCCC. The fourth-order valence-electron chi connectivity index (χ4n) is 11.6. The van der Waals surface area contributed by atoms with Gasteiger partial charge in [-0.05, 0) is 57.8 Å². The van der Waals surface area contributed by atoms with E-state index in [9.17, 15) is 19.8 Å². The van der Waals surface area contributed by atoms with Crippen LogP contribution < -0.4 is 5.32 Å². The van der Waals surface area contributed by atoms with E-state index in [4.69, 9.17) is 4.74 Å². The monoisotopic (exact) mass is 1130 g/mol. The molecule has 0 rings (SSSR count). The number of carbonyl (C=O) groups is 2. The van der Waals surface area contributed by atoms with Crippen molar-refractivity contribution >= 4 is 11.9 Å². The lowest BCUT2D eigenvalue weighted by Crippen LogP contribution is -2.45. The molecule has 0 aromatic carbocycles. The van der Waals surface area contributed by atoms with Gasteiger partial charge in [-0.25, -0.2) is 0 Å². The molecule has 0 aliphatic heterocycles.